The number of para-hydroxylation sites is 2. The van der Waals surface area contributed by atoms with Crippen LogP contribution in [0.15, 0.2) is 48.5 Å². The van der Waals surface area contributed by atoms with Gasteiger partial charge in [-0.1, -0.05) is 18.2 Å². The molecule has 0 radical (unpaired) electrons. The predicted octanol–water partition coefficient (Wildman–Crippen LogP) is 3.62. The Morgan fingerprint density at radius 2 is 1.74 bits per heavy atom. The minimum absolute atomic E-state index is 0.0966. The molecule has 2 amide bonds. The van der Waals surface area contributed by atoms with E-state index in [0.717, 1.165) is 63.4 Å². The molecule has 2 aliphatic rings. The molecule has 1 N–H and O–H groups in total. The Kier molecular flexibility index (Phi) is 9.84. The molecule has 38 heavy (non-hydrogen) atoms. The van der Waals surface area contributed by atoms with E-state index in [1.165, 1.54) is 0 Å². The first-order chi connectivity index (χ1) is 18.4. The van der Waals surface area contributed by atoms with Gasteiger partial charge in [0.15, 0.2) is 0 Å². The van der Waals surface area contributed by atoms with Crippen LogP contribution in [0.4, 0.5) is 16.2 Å². The van der Waals surface area contributed by atoms with Crippen molar-refractivity contribution in [1.82, 2.24) is 14.7 Å². The molecule has 2 aliphatic heterocycles. The molecule has 2 heterocycles. The third-order valence-electron chi connectivity index (χ3n) is 7.45. The Hall–Kier alpha value is -3.30. The number of rotatable bonds is 9. The predicted molar refractivity (Wildman–Crippen MR) is 150 cm³/mol. The van der Waals surface area contributed by atoms with Crippen LogP contribution < -0.4 is 15.0 Å². The third kappa shape index (κ3) is 7.39. The fourth-order valence-corrected chi connectivity index (χ4v) is 5.08. The molecular weight excluding hydrogens is 482 g/mol. The van der Waals surface area contributed by atoms with E-state index in [1.807, 2.05) is 55.3 Å². The van der Waals surface area contributed by atoms with Crippen LogP contribution in [0.5, 0.6) is 5.75 Å². The van der Waals surface area contributed by atoms with Crippen molar-refractivity contribution in [3.05, 3.63) is 54.1 Å². The molecule has 2 saturated heterocycles. The van der Waals surface area contributed by atoms with Crippen LogP contribution in [0.25, 0.3) is 0 Å². The smallest absolute Gasteiger partial charge is 0.411 e. The highest BCUT2D eigenvalue weighted by molar-refractivity contribution is 5.95. The summed E-state index contributed by atoms with van der Waals surface area (Å²) in [5.41, 5.74) is 2.43. The zero-order valence-corrected chi connectivity index (χ0v) is 22.9. The van der Waals surface area contributed by atoms with Crippen molar-refractivity contribution in [2.45, 2.75) is 25.8 Å². The van der Waals surface area contributed by atoms with Crippen molar-refractivity contribution in [1.29, 1.82) is 0 Å². The maximum Gasteiger partial charge on any atom is 0.411 e. The molecule has 2 aromatic rings. The zero-order valence-electron chi connectivity index (χ0n) is 22.9. The number of carbonyl (C=O) groups excluding carboxylic acids is 2. The molecule has 2 fully saturated rings. The van der Waals surface area contributed by atoms with Crippen LogP contribution in [-0.4, -0.2) is 106 Å². The van der Waals surface area contributed by atoms with Gasteiger partial charge >= 0.3 is 6.09 Å². The maximum absolute atomic E-state index is 13.2. The lowest BCUT2D eigenvalue weighted by atomic mass is 10.0. The highest BCUT2D eigenvalue weighted by atomic mass is 16.5. The first-order valence-electron chi connectivity index (χ1n) is 13.6. The second kappa shape index (κ2) is 13.5. The number of hydrogen-bond donors (Lipinski definition) is 1. The van der Waals surface area contributed by atoms with Crippen molar-refractivity contribution < 1.29 is 19.1 Å². The summed E-state index contributed by atoms with van der Waals surface area (Å²) in [6, 6.07) is 15.6. The van der Waals surface area contributed by atoms with Gasteiger partial charge in [0.05, 0.1) is 12.3 Å². The number of piperidine rings is 1. The van der Waals surface area contributed by atoms with Gasteiger partial charge in [0, 0.05) is 57.1 Å². The topological polar surface area (TPSA) is 77.6 Å². The van der Waals surface area contributed by atoms with Crippen molar-refractivity contribution in [3.63, 3.8) is 0 Å². The molecule has 9 heteroatoms. The lowest BCUT2D eigenvalue weighted by molar-refractivity contribution is 0.0659. The summed E-state index contributed by atoms with van der Waals surface area (Å²) in [5.74, 6) is 0.724. The van der Waals surface area contributed by atoms with E-state index in [2.05, 4.69) is 33.1 Å². The molecule has 4 rings (SSSR count). The minimum Gasteiger partial charge on any atom is -0.492 e. The summed E-state index contributed by atoms with van der Waals surface area (Å²) in [6.07, 6.45) is 1.56. The summed E-state index contributed by atoms with van der Waals surface area (Å²) >= 11 is 0. The highest BCUT2D eigenvalue weighted by Crippen LogP contribution is 2.24. The first-order valence-corrected chi connectivity index (χ1v) is 13.6. The van der Waals surface area contributed by atoms with Gasteiger partial charge in [0.2, 0.25) is 0 Å². The van der Waals surface area contributed by atoms with Gasteiger partial charge in [0.1, 0.15) is 12.4 Å². The molecule has 0 atom stereocenters. The van der Waals surface area contributed by atoms with Gasteiger partial charge in [-0.2, -0.15) is 0 Å². The number of piperazine rings is 1. The number of nitrogens with zero attached hydrogens (tertiary/aromatic N) is 4. The Morgan fingerprint density at radius 1 is 1.00 bits per heavy atom. The summed E-state index contributed by atoms with van der Waals surface area (Å²) in [4.78, 5) is 34.3. The Balaban J connectivity index is 1.21. The monoisotopic (exact) mass is 523 g/mol. The van der Waals surface area contributed by atoms with Crippen molar-refractivity contribution >= 4 is 23.4 Å². The zero-order chi connectivity index (χ0) is 26.9. The second-order valence-electron chi connectivity index (χ2n) is 10.0. The fraction of sp³-hybridized carbons (Fsp3) is 0.517. The van der Waals surface area contributed by atoms with Crippen molar-refractivity contribution in [2.75, 3.05) is 83.3 Å². The Labute approximate surface area is 226 Å². The summed E-state index contributed by atoms with van der Waals surface area (Å²) in [7, 11) is 4.07. The first kappa shape index (κ1) is 27.7. The average molecular weight is 524 g/mol. The van der Waals surface area contributed by atoms with E-state index in [0.29, 0.717) is 37.2 Å². The van der Waals surface area contributed by atoms with Crippen LogP contribution in [0, 0.1) is 0 Å². The maximum atomic E-state index is 13.2. The van der Waals surface area contributed by atoms with Gasteiger partial charge in [-0.05, 0) is 70.2 Å². The SMILES string of the molecule is CCOc1ccccc1NC(=O)OCCN1CCN(c2cccc(C(=O)N(C)C3CCN(C)CC3)c2)CC1. The quantitative estimate of drug-likeness (QED) is 0.538. The normalized spacial score (nSPS) is 17.2. The number of likely N-dealkylation sites (tertiary alicyclic amines) is 1. The molecule has 0 aromatic heterocycles. The largest absolute Gasteiger partial charge is 0.492 e. The van der Waals surface area contributed by atoms with Gasteiger partial charge in [0.25, 0.3) is 5.91 Å². The van der Waals surface area contributed by atoms with Crippen LogP contribution in [0.3, 0.4) is 0 Å². The summed E-state index contributed by atoms with van der Waals surface area (Å²) < 4.78 is 10.9. The van der Waals surface area contributed by atoms with E-state index in [9.17, 15) is 9.59 Å². The second-order valence-corrected chi connectivity index (χ2v) is 10.0. The Morgan fingerprint density at radius 3 is 2.47 bits per heavy atom. The fourth-order valence-electron chi connectivity index (χ4n) is 5.08. The van der Waals surface area contributed by atoms with Gasteiger partial charge < -0.3 is 24.2 Å². The molecule has 0 aliphatic carbocycles. The van der Waals surface area contributed by atoms with Crippen LogP contribution in [0.1, 0.15) is 30.1 Å². The number of amides is 2. The van der Waals surface area contributed by atoms with Crippen LogP contribution >= 0.6 is 0 Å². The summed E-state index contributed by atoms with van der Waals surface area (Å²) in [5, 5.41) is 2.76. The van der Waals surface area contributed by atoms with Crippen molar-refractivity contribution in [3.8, 4) is 5.75 Å². The Bertz CT molecular complexity index is 1060. The van der Waals surface area contributed by atoms with Gasteiger partial charge in [-0.25, -0.2) is 4.79 Å². The number of hydrogen-bond acceptors (Lipinski definition) is 7. The average Bonchev–Trinajstić information content (AvgIpc) is 2.94. The van der Waals surface area contributed by atoms with Crippen LogP contribution in [0.2, 0.25) is 0 Å². The molecule has 206 valence electrons. The van der Waals surface area contributed by atoms with E-state index in [1.54, 1.807) is 6.07 Å². The van der Waals surface area contributed by atoms with E-state index in [4.69, 9.17) is 9.47 Å². The number of anilines is 2. The molecule has 0 unspecified atom stereocenters. The van der Waals surface area contributed by atoms with E-state index in [-0.39, 0.29) is 5.91 Å². The lowest BCUT2D eigenvalue weighted by Gasteiger charge is -2.36. The number of nitrogens with one attached hydrogen (secondary N) is 1. The standard InChI is InChI=1S/C29H41N5O4/c1-4-37-27-11-6-5-10-26(27)30-29(36)38-21-20-33-16-18-34(19-17-33)25-9-7-8-23(22-25)28(35)32(3)24-12-14-31(2)15-13-24/h5-11,22,24H,4,12-21H2,1-3H3,(H,30,36). The number of benzene rings is 2. The molecular formula is C29H41N5O4. The van der Waals surface area contributed by atoms with Crippen LogP contribution in [-0.2, 0) is 4.74 Å². The van der Waals surface area contributed by atoms with E-state index < -0.39 is 6.09 Å². The highest BCUT2D eigenvalue weighted by Gasteiger charge is 2.25. The number of ether oxygens (including phenoxy) is 2. The van der Waals surface area contributed by atoms with Gasteiger partial charge in [-0.3, -0.25) is 15.0 Å². The molecule has 0 bridgehead atoms. The van der Waals surface area contributed by atoms with Gasteiger partial charge in [-0.15, -0.1) is 0 Å². The van der Waals surface area contributed by atoms with Crippen molar-refractivity contribution in [2.24, 2.45) is 0 Å². The molecule has 2 aromatic carbocycles. The van der Waals surface area contributed by atoms with E-state index >= 15 is 0 Å². The molecule has 0 saturated carbocycles. The molecule has 9 nitrogen and oxygen atoms in total. The number of carbonyl (C=O) groups is 2. The third-order valence-corrected chi connectivity index (χ3v) is 7.45. The lowest BCUT2D eigenvalue weighted by Crippen LogP contribution is -2.47. The minimum atomic E-state index is -0.484. The summed E-state index contributed by atoms with van der Waals surface area (Å²) in [6.45, 7) is 8.93. The molecule has 0 spiro atoms.